The maximum absolute atomic E-state index is 12.3. The maximum atomic E-state index is 12.3. The molecule has 2 aromatic carbocycles. The molecule has 1 aliphatic carbocycles. The number of sulfone groups is 1. The van der Waals surface area contributed by atoms with Gasteiger partial charge in [-0.05, 0) is 78.1 Å². The number of hydrogen-bond donors (Lipinski definition) is 1. The highest BCUT2D eigenvalue weighted by atomic mass is 35.5. The van der Waals surface area contributed by atoms with Crippen molar-refractivity contribution >= 4 is 44.4 Å². The number of benzene rings is 2. The Bertz CT molecular complexity index is 1180. The van der Waals surface area contributed by atoms with Crippen LogP contribution in [-0.2, 0) is 22.7 Å². The van der Waals surface area contributed by atoms with Crippen molar-refractivity contribution in [3.05, 3.63) is 80.6 Å². The molecule has 3 aromatic rings. The molecule has 0 fully saturated rings. The first-order chi connectivity index (χ1) is 15.3. The average Bonchev–Trinajstić information content (AvgIpc) is 3.32. The molecule has 0 saturated carbocycles. The van der Waals surface area contributed by atoms with Gasteiger partial charge in [0.05, 0.1) is 22.4 Å². The first-order valence-corrected chi connectivity index (χ1v) is 13.8. The standard InChI is InChI=1S/C24H25Cl2NO3S2/c25-21-8-4-16(14-22(21)26)13-20-19-15-18(7-5-17(19)6-9-23(20)27)30-10-2-12-32(28,29)24-3-1-11-31-24/h1,3-5,7-8,11,14-15,20,23H,2,6,9-10,12-13,27H2. The van der Waals surface area contributed by atoms with Gasteiger partial charge in [-0.15, -0.1) is 11.3 Å². The van der Waals surface area contributed by atoms with Gasteiger partial charge in [0.15, 0.2) is 9.84 Å². The maximum Gasteiger partial charge on any atom is 0.187 e. The van der Waals surface area contributed by atoms with Gasteiger partial charge in [0.2, 0.25) is 0 Å². The summed E-state index contributed by atoms with van der Waals surface area (Å²) in [7, 11) is -3.24. The fraction of sp³-hybridized carbons (Fsp3) is 0.333. The Hall–Kier alpha value is -1.57. The van der Waals surface area contributed by atoms with E-state index in [0.29, 0.717) is 27.3 Å². The van der Waals surface area contributed by atoms with Crippen molar-refractivity contribution in [2.24, 2.45) is 5.73 Å². The summed E-state index contributed by atoms with van der Waals surface area (Å²) in [5.74, 6) is 0.966. The largest absolute Gasteiger partial charge is 0.494 e. The molecule has 4 nitrogen and oxygen atoms in total. The molecule has 1 heterocycles. The summed E-state index contributed by atoms with van der Waals surface area (Å²) in [6.07, 6.45) is 3.07. The number of nitrogens with two attached hydrogens (primary N) is 1. The van der Waals surface area contributed by atoms with E-state index in [4.69, 9.17) is 33.7 Å². The molecule has 0 amide bonds. The van der Waals surface area contributed by atoms with Crippen molar-refractivity contribution in [3.63, 3.8) is 0 Å². The Balaban J connectivity index is 1.43. The van der Waals surface area contributed by atoms with E-state index in [1.54, 1.807) is 17.5 Å². The van der Waals surface area contributed by atoms with E-state index in [2.05, 4.69) is 12.1 Å². The molecule has 0 bridgehead atoms. The molecule has 0 aliphatic heterocycles. The summed E-state index contributed by atoms with van der Waals surface area (Å²) in [5.41, 5.74) is 10.1. The number of thiophene rings is 1. The minimum absolute atomic E-state index is 0.0446. The number of halogens is 2. The number of fused-ring (bicyclic) bond motifs is 1. The summed E-state index contributed by atoms with van der Waals surface area (Å²) in [6.45, 7) is 0.340. The predicted molar refractivity (Wildman–Crippen MR) is 132 cm³/mol. The van der Waals surface area contributed by atoms with Crippen LogP contribution in [0.25, 0.3) is 0 Å². The Kier molecular flexibility index (Phi) is 7.47. The van der Waals surface area contributed by atoms with Crippen molar-refractivity contribution in [1.82, 2.24) is 0 Å². The molecule has 4 rings (SSSR count). The van der Waals surface area contributed by atoms with Gasteiger partial charge in [-0.1, -0.05) is 41.4 Å². The van der Waals surface area contributed by atoms with E-state index in [9.17, 15) is 8.42 Å². The van der Waals surface area contributed by atoms with Crippen LogP contribution < -0.4 is 10.5 Å². The molecule has 2 atom stereocenters. The van der Waals surface area contributed by atoms with E-state index >= 15 is 0 Å². The molecule has 0 saturated heterocycles. The van der Waals surface area contributed by atoms with Crippen LogP contribution >= 0.6 is 34.5 Å². The SMILES string of the molecule is NC1CCc2ccc(OCCCS(=O)(=O)c3cccs3)cc2C1Cc1ccc(Cl)c(Cl)c1. The topological polar surface area (TPSA) is 69.4 Å². The van der Waals surface area contributed by atoms with Gasteiger partial charge in [0, 0.05) is 12.0 Å². The lowest BCUT2D eigenvalue weighted by molar-refractivity contribution is 0.316. The van der Waals surface area contributed by atoms with Crippen LogP contribution in [0, 0.1) is 0 Å². The highest BCUT2D eigenvalue weighted by molar-refractivity contribution is 7.93. The Morgan fingerprint density at radius 2 is 1.94 bits per heavy atom. The minimum Gasteiger partial charge on any atom is -0.494 e. The normalized spacial score (nSPS) is 18.3. The second-order valence-corrected chi connectivity index (χ2v) is 12.2. The summed E-state index contributed by atoms with van der Waals surface area (Å²) in [6, 6.07) is 15.3. The van der Waals surface area contributed by atoms with Crippen molar-refractivity contribution < 1.29 is 13.2 Å². The second kappa shape index (κ2) is 10.1. The second-order valence-electron chi connectivity index (χ2n) is 8.08. The lowest BCUT2D eigenvalue weighted by Crippen LogP contribution is -2.34. The third-order valence-electron chi connectivity index (χ3n) is 5.85. The molecule has 8 heteroatoms. The fourth-order valence-electron chi connectivity index (χ4n) is 4.15. The van der Waals surface area contributed by atoms with Gasteiger partial charge in [-0.3, -0.25) is 0 Å². The zero-order valence-electron chi connectivity index (χ0n) is 17.5. The molecule has 0 radical (unpaired) electrons. The molecule has 170 valence electrons. The molecule has 2 N–H and O–H groups in total. The molecule has 0 spiro atoms. The van der Waals surface area contributed by atoms with E-state index in [0.717, 1.165) is 30.6 Å². The van der Waals surface area contributed by atoms with Crippen LogP contribution in [0.5, 0.6) is 5.75 Å². The summed E-state index contributed by atoms with van der Waals surface area (Å²) < 4.78 is 31.0. The van der Waals surface area contributed by atoms with E-state index in [1.807, 2.05) is 24.3 Å². The molecular formula is C24H25Cl2NO3S2. The van der Waals surface area contributed by atoms with Crippen LogP contribution in [0.1, 0.15) is 35.4 Å². The number of aryl methyl sites for hydroxylation is 1. The van der Waals surface area contributed by atoms with E-state index in [1.165, 1.54) is 22.5 Å². The summed E-state index contributed by atoms with van der Waals surface area (Å²) in [4.78, 5) is 0. The first kappa shape index (κ1) is 23.6. The summed E-state index contributed by atoms with van der Waals surface area (Å²) in [5, 5.41) is 2.86. The minimum atomic E-state index is -3.24. The molecule has 2 unspecified atom stereocenters. The van der Waals surface area contributed by atoms with E-state index in [-0.39, 0.29) is 17.7 Å². The van der Waals surface area contributed by atoms with Gasteiger partial charge in [-0.2, -0.15) is 0 Å². The monoisotopic (exact) mass is 509 g/mol. The van der Waals surface area contributed by atoms with Gasteiger partial charge in [-0.25, -0.2) is 8.42 Å². The van der Waals surface area contributed by atoms with Crippen molar-refractivity contribution in [2.45, 2.75) is 41.9 Å². The van der Waals surface area contributed by atoms with Crippen LogP contribution in [0.15, 0.2) is 58.1 Å². The molecular weight excluding hydrogens is 485 g/mol. The van der Waals surface area contributed by atoms with E-state index < -0.39 is 9.84 Å². The lowest BCUT2D eigenvalue weighted by atomic mass is 9.76. The quantitative estimate of drug-likeness (QED) is 0.383. The number of hydrogen-bond acceptors (Lipinski definition) is 5. The van der Waals surface area contributed by atoms with Crippen LogP contribution in [0.4, 0.5) is 0 Å². The Labute approximate surface area is 203 Å². The predicted octanol–water partition coefficient (Wildman–Crippen LogP) is 5.90. The molecule has 1 aliphatic rings. The fourth-order valence-corrected chi connectivity index (χ4v) is 6.91. The zero-order valence-corrected chi connectivity index (χ0v) is 20.6. The first-order valence-electron chi connectivity index (χ1n) is 10.5. The molecule has 32 heavy (non-hydrogen) atoms. The highest BCUT2D eigenvalue weighted by Crippen LogP contribution is 2.36. The van der Waals surface area contributed by atoms with Crippen LogP contribution in [-0.4, -0.2) is 26.8 Å². The smallest absolute Gasteiger partial charge is 0.187 e. The van der Waals surface area contributed by atoms with Crippen molar-refractivity contribution in [3.8, 4) is 5.75 Å². The van der Waals surface area contributed by atoms with Gasteiger partial charge in [0.1, 0.15) is 9.96 Å². The summed E-state index contributed by atoms with van der Waals surface area (Å²) >= 11 is 13.5. The van der Waals surface area contributed by atoms with Gasteiger partial charge in [0.25, 0.3) is 0 Å². The number of ether oxygens (including phenoxy) is 1. The van der Waals surface area contributed by atoms with Crippen molar-refractivity contribution in [2.75, 3.05) is 12.4 Å². The lowest BCUT2D eigenvalue weighted by Gasteiger charge is -2.32. The highest BCUT2D eigenvalue weighted by Gasteiger charge is 2.28. The van der Waals surface area contributed by atoms with Crippen LogP contribution in [0.2, 0.25) is 10.0 Å². The third-order valence-corrected chi connectivity index (χ3v) is 9.87. The zero-order chi connectivity index (χ0) is 22.7. The van der Waals surface area contributed by atoms with Gasteiger partial charge < -0.3 is 10.5 Å². The third kappa shape index (κ3) is 5.49. The Morgan fingerprint density at radius 3 is 2.69 bits per heavy atom. The average molecular weight is 511 g/mol. The molecule has 1 aromatic heterocycles. The Morgan fingerprint density at radius 1 is 1.09 bits per heavy atom. The number of rotatable bonds is 8. The van der Waals surface area contributed by atoms with Crippen LogP contribution in [0.3, 0.4) is 0 Å². The van der Waals surface area contributed by atoms with Gasteiger partial charge >= 0.3 is 0 Å². The van der Waals surface area contributed by atoms with Crippen molar-refractivity contribution in [1.29, 1.82) is 0 Å².